The van der Waals surface area contributed by atoms with E-state index in [1.165, 1.54) is 12.0 Å². The number of carbonyl (C=O) groups excluding carboxylic acids is 1. The van der Waals surface area contributed by atoms with Gasteiger partial charge in [-0.1, -0.05) is 6.07 Å². The van der Waals surface area contributed by atoms with Gasteiger partial charge in [0.2, 0.25) is 5.91 Å². The molecule has 2 bridgehead atoms. The fourth-order valence-electron chi connectivity index (χ4n) is 5.52. The predicted molar refractivity (Wildman–Crippen MR) is 102 cm³/mol. The average molecular weight is 371 g/mol. The number of hydrogen-bond donors (Lipinski definition) is 3. The highest BCUT2D eigenvalue weighted by Crippen LogP contribution is 2.33. The Morgan fingerprint density at radius 2 is 2.04 bits per heavy atom. The van der Waals surface area contributed by atoms with E-state index in [4.69, 9.17) is 0 Å². The maximum atomic E-state index is 13.4. The van der Waals surface area contributed by atoms with Crippen molar-refractivity contribution in [3.63, 3.8) is 0 Å². The molecule has 5 fully saturated rings. The van der Waals surface area contributed by atoms with E-state index in [-0.39, 0.29) is 5.92 Å². The molecule has 4 aliphatic heterocycles. The Balaban J connectivity index is 1.25. The lowest BCUT2D eigenvalue weighted by Gasteiger charge is -2.40. The van der Waals surface area contributed by atoms with E-state index in [0.29, 0.717) is 30.0 Å². The second-order valence-electron chi connectivity index (χ2n) is 8.78. The van der Waals surface area contributed by atoms with Crippen LogP contribution in [0.4, 0.5) is 0 Å². The lowest BCUT2D eigenvalue weighted by molar-refractivity contribution is -0.141. The number of carbonyl (C=O) groups is 1. The molecule has 1 aliphatic carbocycles. The predicted octanol–water partition coefficient (Wildman–Crippen LogP) is 0.654. The zero-order chi connectivity index (χ0) is 18.2. The number of nitrogens with zero attached hydrogens (tertiary/aromatic N) is 3. The fourth-order valence-corrected chi connectivity index (χ4v) is 5.52. The summed E-state index contributed by atoms with van der Waals surface area (Å²) >= 11 is 0. The SMILES string of the molecule is O=C(C1CCC2NNNC2C1)N1C[C@H]2CC[C@@H]1CN(Cc1cccnc1)C2. The summed E-state index contributed by atoms with van der Waals surface area (Å²) in [6.45, 7) is 3.98. The van der Waals surface area contributed by atoms with Gasteiger partial charge in [0.15, 0.2) is 0 Å². The molecule has 3 unspecified atom stereocenters. The standard InChI is InChI=1S/C20H30N6O/c27-20(16-4-6-18-19(8-16)23-24-22-18)26-12-15-3-5-17(26)13-25(11-15)10-14-2-1-7-21-9-14/h1-2,7,9,15-19,22-24H,3-6,8,10-13H2/t15-,16?,17+,18?,19?/m0/s1. The molecule has 0 spiro atoms. The number of aromatic nitrogens is 1. The van der Waals surface area contributed by atoms with Crippen molar-refractivity contribution in [3.05, 3.63) is 30.1 Å². The third-order valence-corrected chi connectivity index (χ3v) is 6.92. The van der Waals surface area contributed by atoms with Crippen LogP contribution in [0.15, 0.2) is 24.5 Å². The molecule has 5 heterocycles. The summed E-state index contributed by atoms with van der Waals surface area (Å²) in [5.41, 5.74) is 10.8. The van der Waals surface area contributed by atoms with Crippen LogP contribution >= 0.6 is 0 Å². The van der Waals surface area contributed by atoms with Crippen molar-refractivity contribution in [2.45, 2.75) is 56.8 Å². The second kappa shape index (κ2) is 7.47. The van der Waals surface area contributed by atoms with Crippen LogP contribution in [-0.2, 0) is 11.3 Å². The van der Waals surface area contributed by atoms with E-state index >= 15 is 0 Å². The van der Waals surface area contributed by atoms with Gasteiger partial charge in [0, 0.05) is 62.6 Å². The van der Waals surface area contributed by atoms with Crippen molar-refractivity contribution in [1.29, 1.82) is 0 Å². The summed E-state index contributed by atoms with van der Waals surface area (Å²) in [5.74, 6) is 1.18. The van der Waals surface area contributed by atoms with Gasteiger partial charge >= 0.3 is 0 Å². The van der Waals surface area contributed by atoms with Crippen molar-refractivity contribution < 1.29 is 4.79 Å². The Bertz CT molecular complexity index is 670. The maximum absolute atomic E-state index is 13.4. The summed E-state index contributed by atoms with van der Waals surface area (Å²) < 4.78 is 0. The first-order chi connectivity index (χ1) is 13.3. The number of nitrogens with one attached hydrogen (secondary N) is 3. The molecule has 5 atom stereocenters. The quantitative estimate of drug-likeness (QED) is 0.726. The number of piperidine rings is 1. The van der Waals surface area contributed by atoms with Crippen molar-refractivity contribution in [2.75, 3.05) is 19.6 Å². The Hall–Kier alpha value is -1.54. The second-order valence-corrected chi connectivity index (χ2v) is 8.78. The molecule has 1 aromatic heterocycles. The lowest BCUT2D eigenvalue weighted by atomic mass is 9.81. The minimum absolute atomic E-state index is 0.173. The molecule has 3 N–H and O–H groups in total. The summed E-state index contributed by atoms with van der Waals surface area (Å²) in [6, 6.07) is 5.37. The molecule has 5 aliphatic rings. The minimum atomic E-state index is 0.173. The van der Waals surface area contributed by atoms with Crippen LogP contribution in [0.25, 0.3) is 0 Å². The first kappa shape index (κ1) is 17.6. The van der Waals surface area contributed by atoms with Crippen molar-refractivity contribution in [3.8, 4) is 0 Å². The number of pyridine rings is 1. The van der Waals surface area contributed by atoms with E-state index in [1.54, 1.807) is 0 Å². The number of fused-ring (bicyclic) bond motifs is 5. The van der Waals surface area contributed by atoms with Crippen molar-refractivity contribution >= 4 is 5.91 Å². The van der Waals surface area contributed by atoms with E-state index in [2.05, 4.69) is 37.2 Å². The van der Waals surface area contributed by atoms with Crippen LogP contribution < -0.4 is 16.4 Å². The third-order valence-electron chi connectivity index (χ3n) is 6.92. The maximum Gasteiger partial charge on any atom is 0.226 e. The molecule has 4 saturated heterocycles. The van der Waals surface area contributed by atoms with Crippen LogP contribution in [0, 0.1) is 11.8 Å². The molecule has 7 heteroatoms. The highest BCUT2D eigenvalue weighted by Gasteiger charge is 2.42. The number of rotatable bonds is 3. The van der Waals surface area contributed by atoms with Gasteiger partial charge in [0.25, 0.3) is 0 Å². The van der Waals surface area contributed by atoms with Gasteiger partial charge in [-0.05, 0) is 49.7 Å². The van der Waals surface area contributed by atoms with Gasteiger partial charge in [0.1, 0.15) is 0 Å². The van der Waals surface area contributed by atoms with Crippen molar-refractivity contribution in [1.82, 2.24) is 31.2 Å². The average Bonchev–Trinajstić information content (AvgIpc) is 3.00. The van der Waals surface area contributed by atoms with Crippen LogP contribution in [0.2, 0.25) is 0 Å². The molecule has 7 nitrogen and oxygen atoms in total. The highest BCUT2D eigenvalue weighted by molar-refractivity contribution is 5.79. The topological polar surface area (TPSA) is 72.5 Å². The third kappa shape index (κ3) is 3.61. The summed E-state index contributed by atoms with van der Waals surface area (Å²) in [4.78, 5) is 22.4. The molecule has 0 aromatic carbocycles. The monoisotopic (exact) mass is 370 g/mol. The Morgan fingerprint density at radius 3 is 2.93 bits per heavy atom. The molecule has 0 radical (unpaired) electrons. The van der Waals surface area contributed by atoms with Crippen molar-refractivity contribution in [2.24, 2.45) is 11.8 Å². The van der Waals surface area contributed by atoms with Gasteiger partial charge in [-0.2, -0.15) is 5.53 Å². The zero-order valence-corrected chi connectivity index (χ0v) is 15.8. The van der Waals surface area contributed by atoms with Gasteiger partial charge in [-0.15, -0.1) is 0 Å². The van der Waals surface area contributed by atoms with E-state index in [1.807, 2.05) is 18.5 Å². The van der Waals surface area contributed by atoms with E-state index in [0.717, 1.165) is 51.9 Å². The van der Waals surface area contributed by atoms with E-state index in [9.17, 15) is 4.79 Å². The van der Waals surface area contributed by atoms with Gasteiger partial charge in [-0.25, -0.2) is 10.9 Å². The van der Waals surface area contributed by atoms with Crippen LogP contribution in [0.1, 0.15) is 37.7 Å². The molecular weight excluding hydrogens is 340 g/mol. The normalized spacial score (nSPS) is 36.4. The Morgan fingerprint density at radius 1 is 1.11 bits per heavy atom. The summed E-state index contributed by atoms with van der Waals surface area (Å²) in [7, 11) is 0. The molecule has 1 aromatic rings. The van der Waals surface area contributed by atoms with E-state index < -0.39 is 0 Å². The fraction of sp³-hybridized carbons (Fsp3) is 0.700. The van der Waals surface area contributed by atoms with Crippen LogP contribution in [0.3, 0.4) is 0 Å². The molecule has 1 saturated carbocycles. The summed E-state index contributed by atoms with van der Waals surface area (Å²) in [6.07, 6.45) is 9.21. The molecule has 27 heavy (non-hydrogen) atoms. The number of amides is 1. The van der Waals surface area contributed by atoms with Gasteiger partial charge in [0.05, 0.1) is 0 Å². The van der Waals surface area contributed by atoms with Crippen LogP contribution in [-0.4, -0.2) is 58.5 Å². The largest absolute Gasteiger partial charge is 0.338 e. The Kier molecular flexibility index (Phi) is 4.85. The first-order valence-electron chi connectivity index (χ1n) is 10.4. The number of hydrazine groups is 2. The summed E-state index contributed by atoms with van der Waals surface area (Å²) in [5, 5.41) is 0. The zero-order valence-electron chi connectivity index (χ0n) is 15.8. The minimum Gasteiger partial charge on any atom is -0.338 e. The van der Waals surface area contributed by atoms with Gasteiger partial charge < -0.3 is 4.90 Å². The van der Waals surface area contributed by atoms with Gasteiger partial charge in [-0.3, -0.25) is 14.7 Å². The highest BCUT2D eigenvalue weighted by atomic mass is 16.2. The molecule has 1 amide bonds. The Labute approximate surface area is 160 Å². The smallest absolute Gasteiger partial charge is 0.226 e. The van der Waals surface area contributed by atoms with Crippen LogP contribution in [0.5, 0.6) is 0 Å². The molecule has 146 valence electrons. The molecule has 6 rings (SSSR count). The number of hydrogen-bond acceptors (Lipinski definition) is 6. The molecular formula is C20H30N6O. The lowest BCUT2D eigenvalue weighted by Crippen LogP contribution is -2.52. The first-order valence-corrected chi connectivity index (χ1v) is 10.4.